The van der Waals surface area contributed by atoms with Gasteiger partial charge in [0.1, 0.15) is 5.82 Å². The van der Waals surface area contributed by atoms with Crippen LogP contribution >= 0.6 is 0 Å². The van der Waals surface area contributed by atoms with Gasteiger partial charge in [0.05, 0.1) is 0 Å². The minimum Gasteiger partial charge on any atom is -0.409 e. The van der Waals surface area contributed by atoms with Crippen molar-refractivity contribution in [1.29, 1.82) is 0 Å². The van der Waals surface area contributed by atoms with E-state index < -0.39 is 5.82 Å². The first-order valence-electron chi connectivity index (χ1n) is 6.73. The van der Waals surface area contributed by atoms with Gasteiger partial charge in [-0.2, -0.15) is 0 Å². The van der Waals surface area contributed by atoms with Crippen LogP contribution in [0.2, 0.25) is 0 Å². The molecule has 0 bridgehead atoms. The van der Waals surface area contributed by atoms with Crippen LogP contribution in [-0.4, -0.2) is 40.7 Å². The number of likely N-dealkylation sites (tertiary alicyclic amines) is 1. The Bertz CT molecular complexity index is 493. The summed E-state index contributed by atoms with van der Waals surface area (Å²) >= 11 is 0. The normalized spacial score (nSPS) is 21.1. The molecule has 0 spiro atoms. The Morgan fingerprint density at radius 3 is 2.95 bits per heavy atom. The molecular formula is C14H20FN3O2. The number of nitrogens with zero attached hydrogens (tertiary/aromatic N) is 2. The van der Waals surface area contributed by atoms with Crippen molar-refractivity contribution in [2.75, 3.05) is 19.7 Å². The Morgan fingerprint density at radius 2 is 2.25 bits per heavy atom. The fraction of sp³-hybridized carbons (Fsp3) is 0.500. The van der Waals surface area contributed by atoms with E-state index in [2.05, 4.69) is 10.1 Å². The molecule has 0 aromatic heterocycles. The van der Waals surface area contributed by atoms with E-state index in [1.165, 1.54) is 12.1 Å². The molecule has 1 heterocycles. The third-order valence-corrected chi connectivity index (χ3v) is 3.63. The average molecular weight is 281 g/mol. The summed E-state index contributed by atoms with van der Waals surface area (Å²) < 4.78 is 13.6. The number of nitrogens with two attached hydrogens (primary N) is 1. The number of oxime groups is 1. The molecule has 0 radical (unpaired) electrons. The predicted octanol–water partition coefficient (Wildman–Crippen LogP) is 1.12. The van der Waals surface area contributed by atoms with Crippen LogP contribution in [0.1, 0.15) is 24.0 Å². The summed E-state index contributed by atoms with van der Waals surface area (Å²) in [6.07, 6.45) is 2.07. The minimum atomic E-state index is -0.403. The molecule has 2 rings (SSSR count). The Hall–Kier alpha value is -1.66. The van der Waals surface area contributed by atoms with Crippen LogP contribution in [0, 0.1) is 11.7 Å². The van der Waals surface area contributed by atoms with E-state index in [1.54, 1.807) is 6.07 Å². The van der Waals surface area contributed by atoms with Crippen molar-refractivity contribution in [3.05, 3.63) is 35.1 Å². The molecule has 1 saturated heterocycles. The smallest absolute Gasteiger partial charge is 0.170 e. The first kappa shape index (κ1) is 14.7. The summed E-state index contributed by atoms with van der Waals surface area (Å²) in [5.41, 5.74) is 6.65. The average Bonchev–Trinajstić information content (AvgIpc) is 2.46. The summed E-state index contributed by atoms with van der Waals surface area (Å²) in [7, 11) is 0. The van der Waals surface area contributed by atoms with Gasteiger partial charge in [-0.3, -0.25) is 4.90 Å². The number of amidine groups is 1. The highest BCUT2D eigenvalue weighted by Crippen LogP contribution is 2.19. The number of hydrogen-bond acceptors (Lipinski definition) is 4. The number of aliphatic hydroxyl groups is 1. The molecule has 1 atom stereocenters. The molecule has 0 amide bonds. The van der Waals surface area contributed by atoms with Crippen molar-refractivity contribution >= 4 is 5.84 Å². The number of piperidine rings is 1. The van der Waals surface area contributed by atoms with Crippen LogP contribution < -0.4 is 5.73 Å². The van der Waals surface area contributed by atoms with Gasteiger partial charge in [0.2, 0.25) is 0 Å². The molecule has 1 unspecified atom stereocenters. The molecule has 0 aliphatic carbocycles. The lowest BCUT2D eigenvalue weighted by Crippen LogP contribution is -2.36. The highest BCUT2D eigenvalue weighted by Gasteiger charge is 2.19. The Labute approximate surface area is 117 Å². The molecule has 1 fully saturated rings. The van der Waals surface area contributed by atoms with E-state index in [-0.39, 0.29) is 12.4 Å². The van der Waals surface area contributed by atoms with Gasteiger partial charge >= 0.3 is 0 Å². The van der Waals surface area contributed by atoms with Crippen LogP contribution in [0.3, 0.4) is 0 Å². The van der Waals surface area contributed by atoms with Gasteiger partial charge in [0.15, 0.2) is 5.84 Å². The zero-order valence-corrected chi connectivity index (χ0v) is 11.3. The van der Waals surface area contributed by atoms with Gasteiger partial charge in [-0.05, 0) is 49.1 Å². The van der Waals surface area contributed by atoms with Gasteiger partial charge in [0, 0.05) is 25.3 Å². The number of aliphatic hydroxyl groups excluding tert-OH is 1. The van der Waals surface area contributed by atoms with Gasteiger partial charge in [-0.15, -0.1) is 0 Å². The van der Waals surface area contributed by atoms with Crippen LogP contribution in [0.25, 0.3) is 0 Å². The van der Waals surface area contributed by atoms with Crippen molar-refractivity contribution < 1.29 is 14.7 Å². The second-order valence-electron chi connectivity index (χ2n) is 5.26. The summed E-state index contributed by atoms with van der Waals surface area (Å²) in [4.78, 5) is 2.19. The van der Waals surface area contributed by atoms with E-state index in [4.69, 9.17) is 10.9 Å². The first-order valence-corrected chi connectivity index (χ1v) is 6.73. The maximum atomic E-state index is 13.6. The molecule has 4 N–H and O–H groups in total. The van der Waals surface area contributed by atoms with Crippen molar-refractivity contribution in [3.8, 4) is 0 Å². The summed E-state index contributed by atoms with van der Waals surface area (Å²) in [5, 5.41) is 20.8. The SMILES string of the molecule is N/C(=N/O)c1cc(F)cc(CN2CCCC(CO)C2)c1. The molecular weight excluding hydrogens is 261 g/mol. The quantitative estimate of drug-likeness (QED) is 0.334. The molecule has 0 saturated carbocycles. The number of halogens is 1. The molecule has 5 nitrogen and oxygen atoms in total. The van der Waals surface area contributed by atoms with Crippen molar-refractivity contribution in [1.82, 2.24) is 4.90 Å². The van der Waals surface area contributed by atoms with Crippen LogP contribution in [0.5, 0.6) is 0 Å². The van der Waals surface area contributed by atoms with Gasteiger partial charge < -0.3 is 16.0 Å². The highest BCUT2D eigenvalue weighted by atomic mass is 19.1. The first-order chi connectivity index (χ1) is 9.62. The highest BCUT2D eigenvalue weighted by molar-refractivity contribution is 5.97. The Morgan fingerprint density at radius 1 is 1.45 bits per heavy atom. The van der Waals surface area contributed by atoms with Gasteiger partial charge in [-0.25, -0.2) is 4.39 Å². The van der Waals surface area contributed by atoms with Crippen LogP contribution in [0.15, 0.2) is 23.4 Å². The Kier molecular flexibility index (Phi) is 4.92. The van der Waals surface area contributed by atoms with E-state index in [9.17, 15) is 9.50 Å². The number of rotatable bonds is 4. The molecule has 110 valence electrons. The number of benzene rings is 1. The van der Waals surface area contributed by atoms with Crippen LogP contribution in [0.4, 0.5) is 4.39 Å². The fourth-order valence-corrected chi connectivity index (χ4v) is 2.65. The second kappa shape index (κ2) is 6.67. The summed E-state index contributed by atoms with van der Waals surface area (Å²) in [5.74, 6) is -0.210. The van der Waals surface area contributed by atoms with E-state index in [0.717, 1.165) is 31.5 Å². The molecule has 20 heavy (non-hydrogen) atoms. The lowest BCUT2D eigenvalue weighted by molar-refractivity contribution is 0.116. The van der Waals surface area contributed by atoms with Crippen molar-refractivity contribution in [3.63, 3.8) is 0 Å². The fourth-order valence-electron chi connectivity index (χ4n) is 2.65. The Balaban J connectivity index is 2.11. The third kappa shape index (κ3) is 3.68. The molecule has 1 aliphatic rings. The second-order valence-corrected chi connectivity index (χ2v) is 5.26. The van der Waals surface area contributed by atoms with E-state index in [0.29, 0.717) is 18.0 Å². The molecule has 1 aliphatic heterocycles. The largest absolute Gasteiger partial charge is 0.409 e. The summed E-state index contributed by atoms with van der Waals surface area (Å²) in [6.45, 7) is 2.53. The predicted molar refractivity (Wildman–Crippen MR) is 74.0 cm³/mol. The zero-order chi connectivity index (χ0) is 14.5. The minimum absolute atomic E-state index is 0.0994. The summed E-state index contributed by atoms with van der Waals surface area (Å²) in [6, 6.07) is 4.42. The van der Waals surface area contributed by atoms with E-state index >= 15 is 0 Å². The van der Waals surface area contributed by atoms with Crippen LogP contribution in [-0.2, 0) is 6.54 Å². The molecule has 1 aromatic rings. The van der Waals surface area contributed by atoms with Crippen molar-refractivity contribution in [2.45, 2.75) is 19.4 Å². The maximum Gasteiger partial charge on any atom is 0.170 e. The molecule has 6 heteroatoms. The number of hydrogen-bond donors (Lipinski definition) is 3. The van der Waals surface area contributed by atoms with Gasteiger partial charge in [0.25, 0.3) is 0 Å². The van der Waals surface area contributed by atoms with E-state index in [1.807, 2.05) is 0 Å². The zero-order valence-electron chi connectivity index (χ0n) is 11.3. The third-order valence-electron chi connectivity index (χ3n) is 3.63. The maximum absolute atomic E-state index is 13.6. The monoisotopic (exact) mass is 281 g/mol. The molecule has 1 aromatic carbocycles. The van der Waals surface area contributed by atoms with Crippen molar-refractivity contribution in [2.24, 2.45) is 16.8 Å². The standard InChI is InChI=1S/C14H20FN3O2/c15-13-5-11(4-12(6-13)14(16)17-20)8-18-3-1-2-10(7-18)9-19/h4-6,10,19-20H,1-3,7-9H2,(H2,16,17). The van der Waals surface area contributed by atoms with Gasteiger partial charge in [-0.1, -0.05) is 5.16 Å². The topological polar surface area (TPSA) is 82.1 Å². The lowest BCUT2D eigenvalue weighted by atomic mass is 9.98. The lowest BCUT2D eigenvalue weighted by Gasteiger charge is -2.31.